The third-order valence-electron chi connectivity index (χ3n) is 5.51. The highest BCUT2D eigenvalue weighted by Gasteiger charge is 2.45. The summed E-state index contributed by atoms with van der Waals surface area (Å²) in [6, 6.07) is 11.8. The summed E-state index contributed by atoms with van der Waals surface area (Å²) >= 11 is 0. The standard InChI is InChI=1S/C25H25N5O3/c1-2-9-29-24(32)25(15-19-5-7-20(8-6-19)21-4-3-10-26-16-21)18-30(13-14-33-25)23(31)22-17-27-11-12-28-22/h2-8,10-12,16-17H,1,9,13-15,18H2,(H,29,32). The van der Waals surface area contributed by atoms with E-state index < -0.39 is 5.60 Å². The van der Waals surface area contributed by atoms with Gasteiger partial charge in [0, 0.05) is 44.3 Å². The first-order valence-corrected chi connectivity index (χ1v) is 10.7. The molecule has 0 spiro atoms. The van der Waals surface area contributed by atoms with Gasteiger partial charge in [0.15, 0.2) is 5.60 Å². The van der Waals surface area contributed by atoms with Crippen molar-refractivity contribution in [3.63, 3.8) is 0 Å². The number of benzene rings is 1. The first-order chi connectivity index (χ1) is 16.1. The molecule has 168 valence electrons. The van der Waals surface area contributed by atoms with Crippen LogP contribution in [0, 0.1) is 0 Å². The van der Waals surface area contributed by atoms with Crippen molar-refractivity contribution in [2.45, 2.75) is 12.0 Å². The summed E-state index contributed by atoms with van der Waals surface area (Å²) in [5.41, 5.74) is 1.97. The lowest BCUT2D eigenvalue weighted by atomic mass is 9.90. The molecule has 0 aliphatic carbocycles. The number of nitrogens with one attached hydrogen (secondary N) is 1. The number of rotatable bonds is 7. The van der Waals surface area contributed by atoms with Crippen molar-refractivity contribution in [3.05, 3.63) is 91.3 Å². The van der Waals surface area contributed by atoms with Gasteiger partial charge in [-0.3, -0.25) is 19.6 Å². The smallest absolute Gasteiger partial charge is 0.274 e. The average molecular weight is 444 g/mol. The highest BCUT2D eigenvalue weighted by atomic mass is 16.5. The van der Waals surface area contributed by atoms with Gasteiger partial charge in [-0.2, -0.15) is 0 Å². The summed E-state index contributed by atoms with van der Waals surface area (Å²) < 4.78 is 6.07. The first-order valence-electron chi connectivity index (χ1n) is 10.7. The molecule has 8 heteroatoms. The maximum absolute atomic E-state index is 13.2. The molecule has 3 aromatic rings. The lowest BCUT2D eigenvalue weighted by Crippen LogP contribution is -2.62. The fourth-order valence-corrected chi connectivity index (χ4v) is 3.86. The van der Waals surface area contributed by atoms with Gasteiger partial charge in [-0.25, -0.2) is 4.98 Å². The maximum Gasteiger partial charge on any atom is 0.274 e. The molecule has 1 aliphatic heterocycles. The van der Waals surface area contributed by atoms with Gasteiger partial charge < -0.3 is 15.0 Å². The lowest BCUT2D eigenvalue weighted by molar-refractivity contribution is -0.157. The molecule has 4 rings (SSSR count). The summed E-state index contributed by atoms with van der Waals surface area (Å²) in [5.74, 6) is -0.561. The zero-order valence-electron chi connectivity index (χ0n) is 18.2. The minimum absolute atomic E-state index is 0.107. The number of carbonyl (C=O) groups is 2. The number of hydrogen-bond acceptors (Lipinski definition) is 6. The maximum atomic E-state index is 13.2. The number of pyridine rings is 1. The lowest BCUT2D eigenvalue weighted by Gasteiger charge is -2.41. The zero-order chi connectivity index (χ0) is 23.1. The summed E-state index contributed by atoms with van der Waals surface area (Å²) in [5, 5.41) is 2.84. The molecule has 33 heavy (non-hydrogen) atoms. The van der Waals surface area contributed by atoms with E-state index in [0.29, 0.717) is 19.5 Å². The number of nitrogens with zero attached hydrogens (tertiary/aromatic N) is 4. The number of ether oxygens (including phenoxy) is 1. The third-order valence-corrected chi connectivity index (χ3v) is 5.51. The second-order valence-electron chi connectivity index (χ2n) is 7.77. The number of amides is 2. The molecule has 1 atom stereocenters. The van der Waals surface area contributed by atoms with Gasteiger partial charge in [0.2, 0.25) is 0 Å². The second kappa shape index (κ2) is 10.1. The summed E-state index contributed by atoms with van der Waals surface area (Å²) in [6.07, 6.45) is 9.87. The fourth-order valence-electron chi connectivity index (χ4n) is 3.86. The van der Waals surface area contributed by atoms with Crippen LogP contribution in [0.15, 0.2) is 80.0 Å². The second-order valence-corrected chi connectivity index (χ2v) is 7.77. The highest BCUT2D eigenvalue weighted by molar-refractivity contribution is 5.93. The van der Waals surface area contributed by atoms with Crippen LogP contribution in [-0.4, -0.2) is 63.5 Å². The van der Waals surface area contributed by atoms with E-state index in [1.54, 1.807) is 23.4 Å². The van der Waals surface area contributed by atoms with E-state index in [9.17, 15) is 9.59 Å². The van der Waals surface area contributed by atoms with E-state index in [-0.39, 0.29) is 30.7 Å². The largest absolute Gasteiger partial charge is 0.361 e. The van der Waals surface area contributed by atoms with Crippen LogP contribution in [0.25, 0.3) is 11.1 Å². The molecule has 1 aromatic carbocycles. The molecule has 1 unspecified atom stereocenters. The summed E-state index contributed by atoms with van der Waals surface area (Å²) in [7, 11) is 0. The van der Waals surface area contributed by atoms with Crippen molar-refractivity contribution in [1.82, 2.24) is 25.2 Å². The Bertz CT molecular complexity index is 1110. The normalized spacial score (nSPS) is 17.9. The molecule has 0 saturated carbocycles. The zero-order valence-corrected chi connectivity index (χ0v) is 18.2. The molecule has 3 heterocycles. The third kappa shape index (κ3) is 5.12. The minimum Gasteiger partial charge on any atom is -0.361 e. The summed E-state index contributed by atoms with van der Waals surface area (Å²) in [4.78, 5) is 40.1. The highest BCUT2D eigenvalue weighted by Crippen LogP contribution is 2.26. The number of morpholine rings is 1. The van der Waals surface area contributed by atoms with Crippen LogP contribution in [0.2, 0.25) is 0 Å². The SMILES string of the molecule is C=CCNC(=O)C1(Cc2ccc(-c3cccnc3)cc2)CN(C(=O)c2cnccn2)CCO1. The molecule has 1 saturated heterocycles. The molecule has 1 N–H and O–H groups in total. The van der Waals surface area contributed by atoms with Gasteiger partial charge in [0.1, 0.15) is 5.69 Å². The molecule has 2 aromatic heterocycles. The Morgan fingerprint density at radius 3 is 2.61 bits per heavy atom. The molecule has 0 bridgehead atoms. The van der Waals surface area contributed by atoms with Gasteiger partial charge in [0.05, 0.1) is 19.3 Å². The van der Waals surface area contributed by atoms with Crippen LogP contribution in [0.4, 0.5) is 0 Å². The molecule has 1 fully saturated rings. The Morgan fingerprint density at radius 2 is 1.91 bits per heavy atom. The van der Waals surface area contributed by atoms with E-state index >= 15 is 0 Å². The Hall–Kier alpha value is -3.91. The predicted octanol–water partition coefficient (Wildman–Crippen LogP) is 2.29. The number of hydrogen-bond donors (Lipinski definition) is 1. The molecular weight excluding hydrogens is 418 g/mol. The molecular formula is C25H25N5O3. The van der Waals surface area contributed by atoms with Gasteiger partial charge in [-0.1, -0.05) is 36.4 Å². The van der Waals surface area contributed by atoms with E-state index in [0.717, 1.165) is 16.7 Å². The Morgan fingerprint density at radius 1 is 1.09 bits per heavy atom. The average Bonchev–Trinajstić information content (AvgIpc) is 2.88. The van der Waals surface area contributed by atoms with E-state index in [1.807, 2.05) is 36.4 Å². The van der Waals surface area contributed by atoms with E-state index in [2.05, 4.69) is 26.8 Å². The van der Waals surface area contributed by atoms with Gasteiger partial charge in [0.25, 0.3) is 11.8 Å². The number of carbonyl (C=O) groups excluding carboxylic acids is 2. The monoisotopic (exact) mass is 443 g/mol. The Kier molecular flexibility index (Phi) is 6.85. The number of aromatic nitrogens is 3. The molecule has 0 radical (unpaired) electrons. The Balaban J connectivity index is 1.58. The van der Waals surface area contributed by atoms with Crippen LogP contribution in [0.1, 0.15) is 16.1 Å². The fraction of sp³-hybridized carbons (Fsp3) is 0.240. The van der Waals surface area contributed by atoms with Crippen molar-refractivity contribution >= 4 is 11.8 Å². The van der Waals surface area contributed by atoms with Crippen LogP contribution in [0.3, 0.4) is 0 Å². The van der Waals surface area contributed by atoms with Gasteiger partial charge in [-0.15, -0.1) is 6.58 Å². The van der Waals surface area contributed by atoms with Crippen LogP contribution >= 0.6 is 0 Å². The Labute approximate surface area is 192 Å². The summed E-state index contributed by atoms with van der Waals surface area (Å²) in [6.45, 7) is 4.68. The van der Waals surface area contributed by atoms with E-state index in [1.165, 1.54) is 18.6 Å². The van der Waals surface area contributed by atoms with Crippen LogP contribution < -0.4 is 5.32 Å². The molecule has 2 amide bonds. The minimum atomic E-state index is -1.23. The van der Waals surface area contributed by atoms with Crippen molar-refractivity contribution in [3.8, 4) is 11.1 Å². The van der Waals surface area contributed by atoms with Crippen molar-refractivity contribution in [2.24, 2.45) is 0 Å². The van der Waals surface area contributed by atoms with Crippen molar-refractivity contribution in [1.29, 1.82) is 0 Å². The molecule has 8 nitrogen and oxygen atoms in total. The molecule has 1 aliphatic rings. The van der Waals surface area contributed by atoms with Crippen molar-refractivity contribution < 1.29 is 14.3 Å². The topological polar surface area (TPSA) is 97.3 Å². The first kappa shape index (κ1) is 22.3. The van der Waals surface area contributed by atoms with Gasteiger partial charge in [-0.05, 0) is 22.8 Å². The predicted molar refractivity (Wildman–Crippen MR) is 123 cm³/mol. The quantitative estimate of drug-likeness (QED) is 0.563. The van der Waals surface area contributed by atoms with Gasteiger partial charge >= 0.3 is 0 Å². The van der Waals surface area contributed by atoms with Crippen LogP contribution in [0.5, 0.6) is 0 Å². The van der Waals surface area contributed by atoms with Crippen LogP contribution in [-0.2, 0) is 16.0 Å². The van der Waals surface area contributed by atoms with Crippen molar-refractivity contribution in [2.75, 3.05) is 26.2 Å². The van der Waals surface area contributed by atoms with E-state index in [4.69, 9.17) is 4.74 Å².